The highest BCUT2D eigenvalue weighted by atomic mass is 16.3. The molecule has 2 aliphatic rings. The van der Waals surface area contributed by atoms with Crippen LogP contribution in [0.2, 0.25) is 0 Å². The van der Waals surface area contributed by atoms with Gasteiger partial charge in [-0.15, -0.1) is 0 Å². The Bertz CT molecular complexity index is 2760. The maximum Gasteiger partial charge on any atom is 0.154 e. The summed E-state index contributed by atoms with van der Waals surface area (Å²) in [4.78, 5) is 18.5. The summed E-state index contributed by atoms with van der Waals surface area (Å²) in [6, 6.07) is 46.0. The van der Waals surface area contributed by atoms with E-state index in [2.05, 4.69) is 118 Å². The highest BCUT2D eigenvalue weighted by Crippen LogP contribution is 2.43. The minimum absolute atomic E-state index is 0.676. The number of aromatic nitrogens is 2. The molecule has 0 unspecified atom stereocenters. The first-order valence-electron chi connectivity index (χ1n) is 16.9. The van der Waals surface area contributed by atoms with Gasteiger partial charge in [0, 0.05) is 56.4 Å². The Morgan fingerprint density at radius 2 is 0.941 bits per heavy atom. The summed E-state index contributed by atoms with van der Waals surface area (Å²) in [6.45, 7) is 0. The number of nitrogens with one attached hydrogen (secondary N) is 2. The van der Waals surface area contributed by atoms with Crippen LogP contribution in [0.1, 0.15) is 11.1 Å². The van der Waals surface area contributed by atoms with E-state index in [-0.39, 0.29) is 0 Å². The molecule has 6 aromatic carbocycles. The molecule has 0 atom stereocenters. The van der Waals surface area contributed by atoms with Gasteiger partial charge < -0.3 is 15.1 Å². The van der Waals surface area contributed by atoms with Gasteiger partial charge in [-0.2, -0.15) is 0 Å². The third kappa shape index (κ3) is 4.31. The molecule has 0 fully saturated rings. The molecule has 7 heteroatoms. The molecular weight excluding hydrogens is 629 g/mol. The van der Waals surface area contributed by atoms with Crippen LogP contribution in [-0.4, -0.2) is 21.6 Å². The fourth-order valence-corrected chi connectivity index (χ4v) is 7.67. The molecule has 11 rings (SSSR count). The quantitative estimate of drug-likeness (QED) is 0.197. The molecule has 238 valence electrons. The molecule has 0 aliphatic carbocycles. The summed E-state index contributed by atoms with van der Waals surface area (Å²) in [5, 5.41) is 13.9. The zero-order valence-electron chi connectivity index (χ0n) is 27.1. The average molecular weight is 655 g/mol. The van der Waals surface area contributed by atoms with E-state index in [0.29, 0.717) is 11.6 Å². The Morgan fingerprint density at radius 1 is 0.431 bits per heavy atom. The van der Waals surface area contributed by atoms with Crippen LogP contribution < -0.4 is 10.6 Å². The van der Waals surface area contributed by atoms with Gasteiger partial charge in [-0.3, -0.25) is 0 Å². The number of anilines is 2. The maximum atomic E-state index is 6.38. The summed E-state index contributed by atoms with van der Waals surface area (Å²) in [5.74, 6) is 2.97. The molecule has 0 radical (unpaired) electrons. The smallest absolute Gasteiger partial charge is 0.154 e. The Hall–Kier alpha value is -7.12. The highest BCUT2D eigenvalue weighted by Gasteiger charge is 2.24. The Balaban J connectivity index is 1.02. The van der Waals surface area contributed by atoms with Crippen LogP contribution in [0.3, 0.4) is 0 Å². The molecule has 3 aromatic heterocycles. The second-order valence-corrected chi connectivity index (χ2v) is 12.8. The van der Waals surface area contributed by atoms with E-state index in [9.17, 15) is 0 Å². The fourth-order valence-electron chi connectivity index (χ4n) is 7.67. The van der Waals surface area contributed by atoms with E-state index in [4.69, 9.17) is 14.4 Å². The molecular formula is C44H26N6O. The number of pyridine rings is 2. The van der Waals surface area contributed by atoms with Gasteiger partial charge >= 0.3 is 0 Å². The molecule has 2 N–H and O–H groups in total. The number of benzene rings is 6. The van der Waals surface area contributed by atoms with Crippen molar-refractivity contribution in [3.8, 4) is 22.3 Å². The number of hydrogen-bond donors (Lipinski definition) is 2. The van der Waals surface area contributed by atoms with Gasteiger partial charge in [0.2, 0.25) is 0 Å². The van der Waals surface area contributed by atoms with Crippen LogP contribution in [-0.2, 0) is 0 Å². The minimum atomic E-state index is 0.676. The predicted octanol–water partition coefficient (Wildman–Crippen LogP) is 11.0. The van der Waals surface area contributed by atoms with Gasteiger partial charge in [0.05, 0.1) is 0 Å². The van der Waals surface area contributed by atoms with Crippen LogP contribution in [0, 0.1) is 0 Å². The van der Waals surface area contributed by atoms with Crippen molar-refractivity contribution in [2.24, 2.45) is 9.98 Å². The second kappa shape index (κ2) is 10.7. The van der Waals surface area contributed by atoms with Gasteiger partial charge in [0.25, 0.3) is 0 Å². The molecule has 51 heavy (non-hydrogen) atoms. The number of fused-ring (bicyclic) bond motifs is 3. The van der Waals surface area contributed by atoms with Gasteiger partial charge in [-0.25, -0.2) is 20.0 Å². The Morgan fingerprint density at radius 3 is 1.41 bits per heavy atom. The van der Waals surface area contributed by atoms with Crippen molar-refractivity contribution < 1.29 is 4.42 Å². The Kier molecular flexibility index (Phi) is 5.83. The lowest BCUT2D eigenvalue weighted by atomic mass is 9.93. The number of furan rings is 1. The second-order valence-electron chi connectivity index (χ2n) is 12.8. The monoisotopic (exact) mass is 654 g/mol. The molecule has 9 aromatic rings. The van der Waals surface area contributed by atoms with E-state index >= 15 is 0 Å². The van der Waals surface area contributed by atoms with Crippen molar-refractivity contribution in [2.75, 3.05) is 10.6 Å². The lowest BCUT2D eigenvalue weighted by molar-refractivity contribution is 0.669. The molecule has 0 saturated carbocycles. The van der Waals surface area contributed by atoms with Crippen molar-refractivity contribution >= 4 is 78.2 Å². The first-order chi connectivity index (χ1) is 25.2. The predicted molar refractivity (Wildman–Crippen MR) is 208 cm³/mol. The van der Waals surface area contributed by atoms with E-state index in [1.54, 1.807) is 12.4 Å². The van der Waals surface area contributed by atoms with Crippen LogP contribution in [0.5, 0.6) is 0 Å². The van der Waals surface area contributed by atoms with Gasteiger partial charge in [0.15, 0.2) is 11.6 Å². The largest absolute Gasteiger partial charge is 0.456 e. The lowest BCUT2D eigenvalue weighted by Crippen LogP contribution is -2.06. The fraction of sp³-hybridized carbons (Fsp3) is 0. The zero-order chi connectivity index (χ0) is 33.5. The van der Waals surface area contributed by atoms with Crippen molar-refractivity contribution in [3.63, 3.8) is 0 Å². The number of rotatable bonds is 4. The summed E-state index contributed by atoms with van der Waals surface area (Å²) in [5.41, 5.74) is 10.6. The van der Waals surface area contributed by atoms with Crippen molar-refractivity contribution in [1.82, 2.24) is 9.97 Å². The van der Waals surface area contributed by atoms with Gasteiger partial charge in [0.1, 0.15) is 22.8 Å². The summed E-state index contributed by atoms with van der Waals surface area (Å²) >= 11 is 0. The summed E-state index contributed by atoms with van der Waals surface area (Å²) in [6.07, 6.45) is 3.53. The molecule has 2 aliphatic heterocycles. The number of amidine groups is 2. The van der Waals surface area contributed by atoms with Crippen molar-refractivity contribution in [1.29, 1.82) is 0 Å². The van der Waals surface area contributed by atoms with E-state index in [1.807, 2.05) is 36.4 Å². The lowest BCUT2D eigenvalue weighted by Gasteiger charge is -2.09. The normalized spacial score (nSPS) is 14.7. The molecule has 0 spiro atoms. The first kappa shape index (κ1) is 27.8. The SMILES string of the molecule is c1ccc(/N=C2\Nc3ccc(-c4ccc5oc6ccc(-c7ccc8c9c(cccc79)/C(=N/c7ccccn7)N8)cc6c5c4)c4cccc2c34)nc1. The summed E-state index contributed by atoms with van der Waals surface area (Å²) in [7, 11) is 0. The van der Waals surface area contributed by atoms with Gasteiger partial charge in [-0.1, -0.05) is 72.8 Å². The zero-order valence-corrected chi connectivity index (χ0v) is 27.1. The van der Waals surface area contributed by atoms with Crippen LogP contribution in [0.15, 0.2) is 160 Å². The highest BCUT2D eigenvalue weighted by molar-refractivity contribution is 6.29. The number of hydrogen-bond acceptors (Lipinski definition) is 5. The number of nitrogens with zero attached hydrogens (tertiary/aromatic N) is 4. The van der Waals surface area contributed by atoms with Crippen molar-refractivity contribution in [2.45, 2.75) is 0 Å². The Labute approximate surface area is 291 Å². The van der Waals surface area contributed by atoms with Crippen LogP contribution >= 0.6 is 0 Å². The maximum absolute atomic E-state index is 6.38. The van der Waals surface area contributed by atoms with Crippen LogP contribution in [0.25, 0.3) is 65.7 Å². The molecule has 0 amide bonds. The average Bonchev–Trinajstić information content (AvgIpc) is 3.85. The molecule has 0 bridgehead atoms. The van der Waals surface area contributed by atoms with E-state index < -0.39 is 0 Å². The minimum Gasteiger partial charge on any atom is -0.456 e. The third-order valence-electron chi connectivity index (χ3n) is 9.94. The summed E-state index contributed by atoms with van der Waals surface area (Å²) < 4.78 is 6.38. The number of aliphatic imine (C=N–C) groups is 2. The molecule has 7 nitrogen and oxygen atoms in total. The van der Waals surface area contributed by atoms with Crippen LogP contribution in [0.4, 0.5) is 23.0 Å². The molecule has 0 saturated heterocycles. The standard InChI is InChI=1S/C44H26N6O/c1-3-21-45-39(11-1)49-43-31-9-5-7-29-27(15-17-35(47-43)41(29)31)25-13-19-37-33(23-25)34-24-26(14-20-38(34)51-37)28-16-18-36-42-30(28)8-6-10-32(42)44(48-36)50-40-12-2-4-22-46-40/h1-24H,(H,45,47,49)(H,46,48,50). The van der Waals surface area contributed by atoms with Gasteiger partial charge in [-0.05, 0) is 93.7 Å². The third-order valence-corrected chi connectivity index (χ3v) is 9.94. The molecule has 5 heterocycles. The van der Waals surface area contributed by atoms with E-state index in [0.717, 1.165) is 78.4 Å². The van der Waals surface area contributed by atoms with Crippen molar-refractivity contribution in [3.05, 3.63) is 157 Å². The first-order valence-corrected chi connectivity index (χ1v) is 16.9. The van der Waals surface area contributed by atoms with E-state index in [1.165, 1.54) is 21.5 Å². The topological polar surface area (TPSA) is 87.7 Å².